The summed E-state index contributed by atoms with van der Waals surface area (Å²) in [5.74, 6) is -0.104. The van der Waals surface area contributed by atoms with Crippen LogP contribution in [0.5, 0.6) is 5.75 Å². The van der Waals surface area contributed by atoms with Crippen LogP contribution in [0, 0.1) is 12.8 Å². The third-order valence-corrected chi connectivity index (χ3v) is 4.31. The minimum atomic E-state index is -0.429. The summed E-state index contributed by atoms with van der Waals surface area (Å²) in [7, 11) is 0. The number of rotatable bonds is 4. The van der Waals surface area contributed by atoms with E-state index in [0.717, 1.165) is 16.5 Å². The number of nitrogens with zero attached hydrogens (tertiary/aromatic N) is 1. The molecule has 0 aliphatic rings. The zero-order chi connectivity index (χ0) is 18.0. The Kier molecular flexibility index (Phi) is 4.70. The van der Waals surface area contributed by atoms with Crippen molar-refractivity contribution >= 4 is 16.8 Å². The van der Waals surface area contributed by atoms with Gasteiger partial charge in [0.2, 0.25) is 5.91 Å². The van der Waals surface area contributed by atoms with Crippen molar-refractivity contribution in [2.24, 2.45) is 5.92 Å². The number of aromatic hydroxyl groups is 1. The van der Waals surface area contributed by atoms with E-state index in [4.69, 9.17) is 0 Å². The first-order chi connectivity index (χ1) is 12.0. The minimum absolute atomic E-state index is 0.0638. The van der Waals surface area contributed by atoms with Crippen LogP contribution in [0.15, 0.2) is 54.7 Å². The Bertz CT molecular complexity index is 901. The molecular formula is C21H22N2O2. The SMILES string of the molecule is Cc1ccc([C@@H](NC(=O)C(C)C)c2ccc3cccnc3c2O)cc1. The van der Waals surface area contributed by atoms with E-state index < -0.39 is 6.04 Å². The van der Waals surface area contributed by atoms with E-state index in [0.29, 0.717) is 11.1 Å². The van der Waals surface area contributed by atoms with Gasteiger partial charge in [0.1, 0.15) is 11.3 Å². The fourth-order valence-electron chi connectivity index (χ4n) is 2.79. The Morgan fingerprint density at radius 3 is 2.48 bits per heavy atom. The van der Waals surface area contributed by atoms with E-state index >= 15 is 0 Å². The summed E-state index contributed by atoms with van der Waals surface area (Å²) in [6.45, 7) is 5.72. The molecule has 2 aromatic carbocycles. The number of carbonyl (C=O) groups is 1. The second-order valence-corrected chi connectivity index (χ2v) is 6.59. The second kappa shape index (κ2) is 6.93. The molecule has 0 fully saturated rings. The number of fused-ring (bicyclic) bond motifs is 1. The summed E-state index contributed by atoms with van der Waals surface area (Å²) in [6.07, 6.45) is 1.65. The average Bonchev–Trinajstić information content (AvgIpc) is 2.61. The fourth-order valence-corrected chi connectivity index (χ4v) is 2.79. The normalized spacial score (nSPS) is 12.3. The van der Waals surface area contributed by atoms with Crippen molar-refractivity contribution in [2.45, 2.75) is 26.8 Å². The number of hydrogen-bond donors (Lipinski definition) is 2. The molecule has 1 heterocycles. The molecule has 0 unspecified atom stereocenters. The van der Waals surface area contributed by atoms with Crippen LogP contribution in [-0.4, -0.2) is 16.0 Å². The van der Waals surface area contributed by atoms with E-state index in [2.05, 4.69) is 10.3 Å². The van der Waals surface area contributed by atoms with Gasteiger partial charge in [0.15, 0.2) is 0 Å². The molecule has 0 radical (unpaired) electrons. The van der Waals surface area contributed by atoms with Gasteiger partial charge in [-0.2, -0.15) is 0 Å². The number of aromatic nitrogens is 1. The lowest BCUT2D eigenvalue weighted by Crippen LogP contribution is -2.32. The Morgan fingerprint density at radius 1 is 1.08 bits per heavy atom. The first kappa shape index (κ1) is 17.0. The first-order valence-corrected chi connectivity index (χ1v) is 8.41. The van der Waals surface area contributed by atoms with Gasteiger partial charge in [-0.05, 0) is 18.6 Å². The molecule has 4 heteroatoms. The average molecular weight is 334 g/mol. The molecule has 1 aromatic heterocycles. The summed E-state index contributed by atoms with van der Waals surface area (Å²) in [4.78, 5) is 16.6. The highest BCUT2D eigenvalue weighted by molar-refractivity contribution is 5.86. The van der Waals surface area contributed by atoms with E-state index in [-0.39, 0.29) is 17.6 Å². The van der Waals surface area contributed by atoms with Crippen LogP contribution in [0.25, 0.3) is 10.9 Å². The lowest BCUT2D eigenvalue weighted by Gasteiger charge is -2.22. The van der Waals surface area contributed by atoms with Crippen LogP contribution in [0.3, 0.4) is 0 Å². The van der Waals surface area contributed by atoms with Crippen LogP contribution in [0.1, 0.15) is 36.6 Å². The topological polar surface area (TPSA) is 62.2 Å². The van der Waals surface area contributed by atoms with E-state index in [1.54, 1.807) is 6.20 Å². The van der Waals surface area contributed by atoms with Gasteiger partial charge in [-0.1, -0.05) is 61.9 Å². The van der Waals surface area contributed by atoms with Crippen molar-refractivity contribution in [1.82, 2.24) is 10.3 Å². The highest BCUT2D eigenvalue weighted by Gasteiger charge is 2.22. The molecule has 0 bridgehead atoms. The molecule has 0 aliphatic heterocycles. The van der Waals surface area contributed by atoms with Gasteiger partial charge in [0.05, 0.1) is 6.04 Å². The lowest BCUT2D eigenvalue weighted by atomic mass is 9.95. The molecule has 2 N–H and O–H groups in total. The molecule has 0 aliphatic carbocycles. The summed E-state index contributed by atoms with van der Waals surface area (Å²) in [5.41, 5.74) is 3.24. The zero-order valence-electron chi connectivity index (χ0n) is 14.7. The molecule has 25 heavy (non-hydrogen) atoms. The maximum Gasteiger partial charge on any atom is 0.223 e. The van der Waals surface area contributed by atoms with Crippen LogP contribution in [-0.2, 0) is 4.79 Å². The number of phenolic OH excluding ortho intramolecular Hbond substituents is 1. The monoisotopic (exact) mass is 334 g/mol. The molecule has 3 aromatic rings. The number of nitrogens with one attached hydrogen (secondary N) is 1. The molecule has 3 rings (SSSR count). The summed E-state index contributed by atoms with van der Waals surface area (Å²) in [6, 6.07) is 15.0. The van der Waals surface area contributed by atoms with Gasteiger partial charge in [-0.15, -0.1) is 0 Å². The van der Waals surface area contributed by atoms with Crippen LogP contribution in [0.4, 0.5) is 0 Å². The number of amides is 1. The molecule has 4 nitrogen and oxygen atoms in total. The largest absolute Gasteiger partial charge is 0.505 e. The molecule has 0 saturated carbocycles. The predicted molar refractivity (Wildman–Crippen MR) is 99.4 cm³/mol. The third-order valence-electron chi connectivity index (χ3n) is 4.31. The van der Waals surface area contributed by atoms with E-state index in [9.17, 15) is 9.90 Å². The number of phenols is 1. The van der Waals surface area contributed by atoms with Crippen molar-refractivity contribution in [3.8, 4) is 5.75 Å². The van der Waals surface area contributed by atoms with Gasteiger partial charge in [0.25, 0.3) is 0 Å². The minimum Gasteiger partial charge on any atom is -0.505 e. The smallest absolute Gasteiger partial charge is 0.223 e. The number of carbonyl (C=O) groups excluding carboxylic acids is 1. The van der Waals surface area contributed by atoms with Gasteiger partial charge in [0, 0.05) is 23.1 Å². The summed E-state index contributed by atoms with van der Waals surface area (Å²) < 4.78 is 0. The lowest BCUT2D eigenvalue weighted by molar-refractivity contribution is -0.124. The third kappa shape index (κ3) is 3.48. The standard InChI is InChI=1S/C21H22N2O2/c1-13(2)21(25)23-18(16-8-6-14(3)7-9-16)17-11-10-15-5-4-12-22-19(15)20(17)24/h4-13,18,24H,1-3H3,(H,23,25)/t18-/m1/s1. The molecular weight excluding hydrogens is 312 g/mol. The van der Waals surface area contributed by atoms with E-state index in [1.165, 1.54) is 0 Å². The number of aryl methyl sites for hydroxylation is 1. The first-order valence-electron chi connectivity index (χ1n) is 8.41. The van der Waals surface area contributed by atoms with Crippen molar-refractivity contribution < 1.29 is 9.90 Å². The second-order valence-electron chi connectivity index (χ2n) is 6.59. The maximum absolute atomic E-state index is 12.3. The fraction of sp³-hybridized carbons (Fsp3) is 0.238. The Labute approximate surface area is 147 Å². The quantitative estimate of drug-likeness (QED) is 0.755. The molecule has 0 saturated heterocycles. The van der Waals surface area contributed by atoms with Crippen LogP contribution >= 0.6 is 0 Å². The summed E-state index contributed by atoms with van der Waals surface area (Å²) >= 11 is 0. The Balaban J connectivity index is 2.12. The van der Waals surface area contributed by atoms with Crippen molar-refractivity contribution in [3.05, 3.63) is 71.4 Å². The highest BCUT2D eigenvalue weighted by atomic mass is 16.3. The van der Waals surface area contributed by atoms with Gasteiger partial charge in [-0.25, -0.2) is 0 Å². The molecule has 1 atom stereocenters. The van der Waals surface area contributed by atoms with Crippen molar-refractivity contribution in [2.75, 3.05) is 0 Å². The van der Waals surface area contributed by atoms with Gasteiger partial charge < -0.3 is 10.4 Å². The van der Waals surface area contributed by atoms with Crippen molar-refractivity contribution in [1.29, 1.82) is 0 Å². The Morgan fingerprint density at radius 2 is 1.80 bits per heavy atom. The molecule has 1 amide bonds. The Hall–Kier alpha value is -2.88. The highest BCUT2D eigenvalue weighted by Crippen LogP contribution is 2.34. The van der Waals surface area contributed by atoms with E-state index in [1.807, 2.05) is 69.3 Å². The van der Waals surface area contributed by atoms with Crippen molar-refractivity contribution in [3.63, 3.8) is 0 Å². The van der Waals surface area contributed by atoms with Gasteiger partial charge >= 0.3 is 0 Å². The number of pyridine rings is 1. The maximum atomic E-state index is 12.3. The summed E-state index contributed by atoms with van der Waals surface area (Å²) in [5, 5.41) is 14.7. The molecule has 128 valence electrons. The number of benzene rings is 2. The van der Waals surface area contributed by atoms with Gasteiger partial charge in [-0.3, -0.25) is 9.78 Å². The predicted octanol–water partition coefficient (Wildman–Crippen LogP) is 4.11. The number of hydrogen-bond acceptors (Lipinski definition) is 3. The molecule has 0 spiro atoms. The zero-order valence-corrected chi connectivity index (χ0v) is 14.7. The van der Waals surface area contributed by atoms with Crippen LogP contribution < -0.4 is 5.32 Å². The van der Waals surface area contributed by atoms with Crippen LogP contribution in [0.2, 0.25) is 0 Å².